The van der Waals surface area contributed by atoms with Crippen molar-refractivity contribution in [3.63, 3.8) is 0 Å². The van der Waals surface area contributed by atoms with Crippen LogP contribution in [0.4, 0.5) is 0 Å². The number of benzene rings is 1. The molecule has 118 valence electrons. The van der Waals surface area contributed by atoms with Gasteiger partial charge in [-0.3, -0.25) is 0 Å². The maximum absolute atomic E-state index is 5.19. The molecule has 1 heterocycles. The van der Waals surface area contributed by atoms with Crippen LogP contribution in [-0.4, -0.2) is 24.7 Å². The Morgan fingerprint density at radius 3 is 2.68 bits per heavy atom. The molecule has 22 heavy (non-hydrogen) atoms. The summed E-state index contributed by atoms with van der Waals surface area (Å²) in [7, 11) is 1.69. The molecule has 0 atom stereocenters. The predicted molar refractivity (Wildman–Crippen MR) is 92.7 cm³/mol. The molecule has 1 aromatic heterocycles. The minimum atomic E-state index is 0.731. The van der Waals surface area contributed by atoms with Crippen LogP contribution in [0.2, 0.25) is 0 Å². The lowest BCUT2D eigenvalue weighted by Crippen LogP contribution is -2.32. The van der Waals surface area contributed by atoms with Crippen LogP contribution in [-0.2, 0) is 6.42 Å². The molecule has 2 aromatic rings. The Bertz CT molecular complexity index is 573. The summed E-state index contributed by atoms with van der Waals surface area (Å²) in [5.41, 5.74) is 2.23. The van der Waals surface area contributed by atoms with E-state index in [4.69, 9.17) is 9.72 Å². The minimum absolute atomic E-state index is 0.731. The third-order valence-corrected chi connectivity index (χ3v) is 5.22. The van der Waals surface area contributed by atoms with E-state index in [1.54, 1.807) is 18.4 Å². The molecular weight excluding hydrogens is 292 g/mol. The number of methoxy groups -OCH3 is 1. The molecule has 0 unspecified atom stereocenters. The van der Waals surface area contributed by atoms with Crippen molar-refractivity contribution in [3.05, 3.63) is 34.7 Å². The van der Waals surface area contributed by atoms with Gasteiger partial charge in [-0.2, -0.15) is 0 Å². The van der Waals surface area contributed by atoms with Crippen LogP contribution < -0.4 is 10.1 Å². The molecular formula is C18H24N2OS. The van der Waals surface area contributed by atoms with Crippen molar-refractivity contribution < 1.29 is 4.74 Å². The Morgan fingerprint density at radius 2 is 1.95 bits per heavy atom. The maximum Gasteiger partial charge on any atom is 0.118 e. The molecule has 4 heteroatoms. The van der Waals surface area contributed by atoms with Gasteiger partial charge in [-0.15, -0.1) is 11.3 Å². The summed E-state index contributed by atoms with van der Waals surface area (Å²) in [5, 5.41) is 7.05. The number of hydrogen-bond acceptors (Lipinski definition) is 4. The van der Waals surface area contributed by atoms with Gasteiger partial charge < -0.3 is 10.1 Å². The van der Waals surface area contributed by atoms with Gasteiger partial charge in [-0.1, -0.05) is 19.3 Å². The molecule has 3 nitrogen and oxygen atoms in total. The third-order valence-electron chi connectivity index (χ3n) is 4.31. The third kappa shape index (κ3) is 4.08. The Kier molecular flexibility index (Phi) is 5.46. The first-order valence-corrected chi connectivity index (χ1v) is 9.05. The quantitative estimate of drug-likeness (QED) is 0.863. The Labute approximate surface area is 136 Å². The second-order valence-corrected chi connectivity index (χ2v) is 6.84. The van der Waals surface area contributed by atoms with Crippen molar-refractivity contribution in [2.75, 3.05) is 13.7 Å². The van der Waals surface area contributed by atoms with E-state index in [9.17, 15) is 0 Å². The van der Waals surface area contributed by atoms with Crippen LogP contribution in [0.15, 0.2) is 29.6 Å². The number of ether oxygens (including phenoxy) is 1. The maximum atomic E-state index is 5.19. The van der Waals surface area contributed by atoms with E-state index < -0.39 is 0 Å². The second-order valence-electron chi connectivity index (χ2n) is 5.89. The van der Waals surface area contributed by atoms with Gasteiger partial charge in [-0.05, 0) is 37.1 Å². The molecule has 1 saturated carbocycles. The monoisotopic (exact) mass is 316 g/mol. The summed E-state index contributed by atoms with van der Waals surface area (Å²) in [6, 6.07) is 8.84. The Hall–Kier alpha value is -1.39. The van der Waals surface area contributed by atoms with Gasteiger partial charge >= 0.3 is 0 Å². The van der Waals surface area contributed by atoms with Gasteiger partial charge in [0.1, 0.15) is 5.75 Å². The highest BCUT2D eigenvalue weighted by Crippen LogP contribution is 2.24. The first-order valence-electron chi connectivity index (χ1n) is 8.17. The first kappa shape index (κ1) is 15.5. The Balaban J connectivity index is 1.51. The molecule has 0 saturated heterocycles. The molecule has 0 aliphatic heterocycles. The molecule has 1 aromatic carbocycles. The topological polar surface area (TPSA) is 34.1 Å². The number of aromatic nitrogens is 1. The van der Waals surface area contributed by atoms with Crippen LogP contribution >= 0.6 is 11.3 Å². The van der Waals surface area contributed by atoms with Gasteiger partial charge in [0.15, 0.2) is 0 Å². The fraction of sp³-hybridized carbons (Fsp3) is 0.500. The van der Waals surface area contributed by atoms with Crippen molar-refractivity contribution in [1.29, 1.82) is 0 Å². The molecule has 1 N–H and O–H groups in total. The molecule has 0 amide bonds. The van der Waals surface area contributed by atoms with Gasteiger partial charge in [0.25, 0.3) is 0 Å². The van der Waals surface area contributed by atoms with Gasteiger partial charge in [0.05, 0.1) is 17.8 Å². The smallest absolute Gasteiger partial charge is 0.118 e. The average Bonchev–Trinajstić information content (AvgIpc) is 3.05. The highest BCUT2D eigenvalue weighted by atomic mass is 32.1. The molecule has 3 rings (SSSR count). The van der Waals surface area contributed by atoms with Crippen molar-refractivity contribution in [1.82, 2.24) is 10.3 Å². The normalized spacial score (nSPS) is 15.9. The van der Waals surface area contributed by atoms with E-state index in [0.29, 0.717) is 0 Å². The van der Waals surface area contributed by atoms with Crippen LogP contribution in [0, 0.1) is 0 Å². The molecule has 1 fully saturated rings. The number of hydrogen-bond donors (Lipinski definition) is 1. The average molecular weight is 316 g/mol. The van der Waals surface area contributed by atoms with Gasteiger partial charge in [0.2, 0.25) is 0 Å². The summed E-state index contributed by atoms with van der Waals surface area (Å²) in [4.78, 5) is 4.76. The van der Waals surface area contributed by atoms with Gasteiger partial charge in [0, 0.05) is 30.0 Å². The molecule has 0 bridgehead atoms. The highest BCUT2D eigenvalue weighted by Gasteiger charge is 2.12. The lowest BCUT2D eigenvalue weighted by atomic mass is 9.95. The lowest BCUT2D eigenvalue weighted by molar-refractivity contribution is 0.375. The van der Waals surface area contributed by atoms with E-state index >= 15 is 0 Å². The van der Waals surface area contributed by atoms with Crippen molar-refractivity contribution in [2.24, 2.45) is 0 Å². The van der Waals surface area contributed by atoms with Crippen LogP contribution in [0.25, 0.3) is 11.3 Å². The standard InChI is InChI=1S/C18H24N2OS/c1-21-16-9-7-14(8-10-16)17-13-22-18(20-17)11-12-19-15-5-3-2-4-6-15/h7-10,13,15,19H,2-6,11-12H2,1H3. The number of rotatable bonds is 6. The molecule has 1 aliphatic rings. The van der Waals surface area contributed by atoms with E-state index in [0.717, 1.165) is 36.0 Å². The zero-order chi connectivity index (χ0) is 15.2. The van der Waals surface area contributed by atoms with E-state index in [2.05, 4.69) is 22.8 Å². The fourth-order valence-corrected chi connectivity index (χ4v) is 3.82. The van der Waals surface area contributed by atoms with Crippen LogP contribution in [0.1, 0.15) is 37.1 Å². The summed E-state index contributed by atoms with van der Waals surface area (Å²) < 4.78 is 5.19. The summed E-state index contributed by atoms with van der Waals surface area (Å²) in [5.74, 6) is 0.885. The van der Waals surface area contributed by atoms with Crippen molar-refractivity contribution >= 4 is 11.3 Å². The van der Waals surface area contributed by atoms with E-state index in [1.807, 2.05) is 12.1 Å². The molecule has 0 radical (unpaired) electrons. The molecule has 0 spiro atoms. The summed E-state index contributed by atoms with van der Waals surface area (Å²) in [6.45, 7) is 1.04. The van der Waals surface area contributed by atoms with Crippen LogP contribution in [0.3, 0.4) is 0 Å². The number of thiazole rings is 1. The van der Waals surface area contributed by atoms with Crippen molar-refractivity contribution in [3.8, 4) is 17.0 Å². The van der Waals surface area contributed by atoms with E-state index in [-0.39, 0.29) is 0 Å². The zero-order valence-electron chi connectivity index (χ0n) is 13.2. The SMILES string of the molecule is COc1ccc(-c2csc(CCNC3CCCCC3)n2)cc1. The van der Waals surface area contributed by atoms with E-state index in [1.165, 1.54) is 37.1 Å². The Morgan fingerprint density at radius 1 is 1.18 bits per heavy atom. The second kappa shape index (κ2) is 7.75. The fourth-order valence-electron chi connectivity index (χ4n) is 3.01. The predicted octanol–water partition coefficient (Wildman–Crippen LogP) is 4.28. The number of nitrogens with zero attached hydrogens (tertiary/aromatic N) is 1. The summed E-state index contributed by atoms with van der Waals surface area (Å²) in [6.07, 6.45) is 7.89. The number of nitrogens with one attached hydrogen (secondary N) is 1. The highest BCUT2D eigenvalue weighted by molar-refractivity contribution is 7.09. The van der Waals surface area contributed by atoms with Crippen molar-refractivity contribution in [2.45, 2.75) is 44.6 Å². The first-order chi connectivity index (χ1) is 10.8. The van der Waals surface area contributed by atoms with Gasteiger partial charge in [-0.25, -0.2) is 4.98 Å². The molecule has 1 aliphatic carbocycles. The minimum Gasteiger partial charge on any atom is -0.497 e. The van der Waals surface area contributed by atoms with Crippen LogP contribution in [0.5, 0.6) is 5.75 Å². The zero-order valence-corrected chi connectivity index (χ0v) is 14.0. The summed E-state index contributed by atoms with van der Waals surface area (Å²) >= 11 is 1.76. The lowest BCUT2D eigenvalue weighted by Gasteiger charge is -2.22. The largest absolute Gasteiger partial charge is 0.497 e.